The van der Waals surface area contributed by atoms with Crippen LogP contribution in [0.4, 0.5) is 8.78 Å². The Bertz CT molecular complexity index is 1160. The number of nitrogens with two attached hydrogens (primary N) is 1. The van der Waals surface area contributed by atoms with Gasteiger partial charge in [0.1, 0.15) is 17.5 Å². The van der Waals surface area contributed by atoms with Crippen molar-refractivity contribution in [3.05, 3.63) is 94.9 Å². The summed E-state index contributed by atoms with van der Waals surface area (Å²) in [5.74, 6) is 1.99. The monoisotopic (exact) mass is 431 g/mol. The van der Waals surface area contributed by atoms with Crippen LogP contribution in [-0.4, -0.2) is 17.1 Å². The molecule has 4 nitrogen and oxygen atoms in total. The zero-order chi connectivity index (χ0) is 22.4. The third-order valence-electron chi connectivity index (χ3n) is 7.15. The van der Waals surface area contributed by atoms with Crippen molar-refractivity contribution in [3.8, 4) is 0 Å². The van der Waals surface area contributed by atoms with Crippen molar-refractivity contribution in [1.29, 1.82) is 0 Å². The first-order valence-electron chi connectivity index (χ1n) is 10.8. The lowest BCUT2D eigenvalue weighted by molar-refractivity contribution is 0.316. The van der Waals surface area contributed by atoms with Gasteiger partial charge in [-0.2, -0.15) is 0 Å². The molecule has 0 aromatic heterocycles. The van der Waals surface area contributed by atoms with Gasteiger partial charge in [0.2, 0.25) is 6.04 Å². The maximum absolute atomic E-state index is 12.8. The van der Waals surface area contributed by atoms with Crippen molar-refractivity contribution >= 4 is 17.0 Å². The number of fused-ring (bicyclic) bond motifs is 2. The maximum Gasteiger partial charge on any atom is 0.234 e. The highest BCUT2D eigenvalue weighted by Crippen LogP contribution is 2.58. The van der Waals surface area contributed by atoms with Gasteiger partial charge >= 0.3 is 0 Å². The lowest BCUT2D eigenvalue weighted by Gasteiger charge is -2.06. The molecule has 0 unspecified atom stereocenters. The largest absolute Gasteiger partial charge is 0.409 e. The van der Waals surface area contributed by atoms with Crippen LogP contribution in [0.5, 0.6) is 0 Å². The zero-order valence-electron chi connectivity index (χ0n) is 17.3. The van der Waals surface area contributed by atoms with Gasteiger partial charge in [0.25, 0.3) is 0 Å². The minimum absolute atomic E-state index is 0.193. The molecule has 32 heavy (non-hydrogen) atoms. The molecule has 0 amide bonds. The Labute approximate surface area is 185 Å². The van der Waals surface area contributed by atoms with Gasteiger partial charge in [0.15, 0.2) is 0 Å². The lowest BCUT2D eigenvalue weighted by Crippen LogP contribution is -2.16. The molecule has 0 aliphatic heterocycles. The summed E-state index contributed by atoms with van der Waals surface area (Å²) in [6.07, 6.45) is 6.28. The highest BCUT2D eigenvalue weighted by Gasteiger charge is 2.59. The summed E-state index contributed by atoms with van der Waals surface area (Å²) >= 11 is 0. The summed E-state index contributed by atoms with van der Waals surface area (Å²) in [6, 6.07) is 13.4. The van der Waals surface area contributed by atoms with Crippen LogP contribution >= 0.6 is 0 Å². The average molecular weight is 431 g/mol. The Kier molecular flexibility index (Phi) is 5.05. The molecule has 2 saturated carbocycles. The second-order valence-electron chi connectivity index (χ2n) is 8.96. The first-order valence-corrected chi connectivity index (χ1v) is 10.8. The molecule has 4 aliphatic rings. The summed E-state index contributed by atoms with van der Waals surface area (Å²) < 4.78 is 25.5. The Morgan fingerprint density at radius 2 is 1.38 bits per heavy atom. The van der Waals surface area contributed by atoms with Crippen LogP contribution in [0.2, 0.25) is 0 Å². The number of nitrogens with zero attached hydrogens (tertiary/aromatic N) is 2. The van der Waals surface area contributed by atoms with Gasteiger partial charge in [0.05, 0.1) is 11.8 Å². The Morgan fingerprint density at radius 1 is 0.875 bits per heavy atom. The number of allylic oxidation sites excluding steroid dienone is 3. The molecule has 2 aromatic rings. The second-order valence-corrected chi connectivity index (χ2v) is 8.96. The van der Waals surface area contributed by atoms with E-state index in [-0.39, 0.29) is 23.6 Å². The van der Waals surface area contributed by atoms with Crippen molar-refractivity contribution < 1.29 is 14.0 Å². The van der Waals surface area contributed by atoms with E-state index in [4.69, 9.17) is 17.5 Å². The lowest BCUT2D eigenvalue weighted by atomic mass is 10.0. The number of amidine groups is 1. The van der Waals surface area contributed by atoms with Gasteiger partial charge < -0.3 is 15.8 Å². The van der Waals surface area contributed by atoms with Crippen molar-refractivity contribution in [2.24, 2.45) is 40.5 Å². The highest BCUT2D eigenvalue weighted by atomic mass is 19.1. The van der Waals surface area contributed by atoms with E-state index in [1.165, 1.54) is 35.4 Å². The van der Waals surface area contributed by atoms with Crippen molar-refractivity contribution in [2.75, 3.05) is 0 Å². The van der Waals surface area contributed by atoms with E-state index in [9.17, 15) is 8.78 Å². The maximum atomic E-state index is 12.8. The fourth-order valence-corrected chi connectivity index (χ4v) is 5.28. The summed E-state index contributed by atoms with van der Waals surface area (Å²) in [6.45, 7) is 6.96. The Hall–Kier alpha value is -3.46. The molecular formula is C26H23F2N3O. The third kappa shape index (κ3) is 3.69. The normalized spacial score (nSPS) is 31.3. The second kappa shape index (κ2) is 7.90. The summed E-state index contributed by atoms with van der Waals surface area (Å²) in [5.41, 5.74) is 10.3. The van der Waals surface area contributed by atoms with Crippen LogP contribution in [0.15, 0.2) is 65.8 Å². The quantitative estimate of drug-likeness (QED) is 0.226. The average Bonchev–Trinajstić information content (AvgIpc) is 3.51. The van der Waals surface area contributed by atoms with E-state index in [1.807, 2.05) is 12.1 Å². The van der Waals surface area contributed by atoms with E-state index in [2.05, 4.69) is 22.2 Å². The zero-order valence-corrected chi connectivity index (χ0v) is 17.3. The molecule has 2 fully saturated rings. The molecule has 3 N–H and O–H groups in total. The van der Waals surface area contributed by atoms with Crippen molar-refractivity contribution in [2.45, 2.75) is 18.9 Å². The molecular weight excluding hydrogens is 408 g/mol. The minimum atomic E-state index is -0.216. The standard InChI is InChI=1S/C13H13FN2O.C13H10FN/c14-9-3-1-7(2-4-9)8-5-10-11(6-8)12(10)13(15)16-17;1-15-13-11-6-9(7-12(11)13)8-2-4-10(14)5-3-8/h1-5,10-12,17H,6H2,(H2,15,16);2-6,11-13H,7H2/t10-,11+,12+;11-,12+,13+/m00/s1. The van der Waals surface area contributed by atoms with Crippen LogP contribution in [0.3, 0.4) is 0 Å². The van der Waals surface area contributed by atoms with Gasteiger partial charge in [0, 0.05) is 5.92 Å². The molecule has 6 heteroatoms. The van der Waals surface area contributed by atoms with Gasteiger partial charge in [-0.25, -0.2) is 15.4 Å². The van der Waals surface area contributed by atoms with E-state index in [0.29, 0.717) is 29.5 Å². The van der Waals surface area contributed by atoms with Crippen molar-refractivity contribution in [1.82, 2.24) is 0 Å². The van der Waals surface area contributed by atoms with Crippen LogP contribution in [-0.2, 0) is 0 Å². The Balaban J connectivity index is 0.000000136. The number of rotatable bonds is 3. The molecule has 0 radical (unpaired) electrons. The minimum Gasteiger partial charge on any atom is -0.409 e. The molecule has 0 spiro atoms. The molecule has 2 aromatic carbocycles. The smallest absolute Gasteiger partial charge is 0.234 e. The van der Waals surface area contributed by atoms with Crippen LogP contribution in [0, 0.1) is 47.8 Å². The topological polar surface area (TPSA) is 63.0 Å². The van der Waals surface area contributed by atoms with E-state index < -0.39 is 0 Å². The van der Waals surface area contributed by atoms with E-state index >= 15 is 0 Å². The SMILES string of the molecule is N/C(=N\O)[C@@H]1[C@H]2C=C(c3ccc(F)cc3)C[C@H]21.[C-]#[N+][C@@H]1[C@H]2C=C(c3ccc(F)cc3)C[C@H]21. The molecule has 4 aliphatic carbocycles. The third-order valence-corrected chi connectivity index (χ3v) is 7.15. The number of hydrogen-bond donors (Lipinski definition) is 2. The number of hydrogen-bond acceptors (Lipinski definition) is 2. The molecule has 0 saturated heterocycles. The molecule has 6 rings (SSSR count). The number of halogens is 2. The summed E-state index contributed by atoms with van der Waals surface area (Å²) in [4.78, 5) is 3.57. The predicted molar refractivity (Wildman–Crippen MR) is 119 cm³/mol. The fraction of sp³-hybridized carbons (Fsp3) is 0.308. The van der Waals surface area contributed by atoms with Gasteiger partial charge in [-0.05, 0) is 71.2 Å². The predicted octanol–water partition coefficient (Wildman–Crippen LogP) is 5.37. The summed E-state index contributed by atoms with van der Waals surface area (Å²) in [5, 5.41) is 11.7. The van der Waals surface area contributed by atoms with Gasteiger partial charge in [-0.3, -0.25) is 0 Å². The van der Waals surface area contributed by atoms with Crippen LogP contribution in [0.25, 0.3) is 16.0 Å². The van der Waals surface area contributed by atoms with Gasteiger partial charge in [-0.15, -0.1) is 0 Å². The van der Waals surface area contributed by atoms with E-state index in [0.717, 1.165) is 24.0 Å². The first kappa shape index (κ1) is 20.4. The van der Waals surface area contributed by atoms with Crippen LogP contribution < -0.4 is 5.73 Å². The molecule has 0 heterocycles. The molecule has 6 atom stereocenters. The molecule has 0 bridgehead atoms. The summed E-state index contributed by atoms with van der Waals surface area (Å²) in [7, 11) is 0. The highest BCUT2D eigenvalue weighted by molar-refractivity contribution is 5.88. The first-order chi connectivity index (χ1) is 15.5. The molecule has 162 valence electrons. The Morgan fingerprint density at radius 3 is 1.75 bits per heavy atom. The number of benzene rings is 2. The van der Waals surface area contributed by atoms with Crippen molar-refractivity contribution in [3.63, 3.8) is 0 Å². The van der Waals surface area contributed by atoms with E-state index in [1.54, 1.807) is 12.1 Å². The number of oxime groups is 1. The van der Waals surface area contributed by atoms with Crippen LogP contribution in [0.1, 0.15) is 24.0 Å². The van der Waals surface area contributed by atoms with Gasteiger partial charge in [-0.1, -0.05) is 41.6 Å². The fourth-order valence-electron chi connectivity index (χ4n) is 5.28.